The largest absolute Gasteiger partial charge is 0.463 e. The molecule has 0 aliphatic heterocycles. The van der Waals surface area contributed by atoms with Gasteiger partial charge >= 0.3 is 17.9 Å². The molecule has 0 saturated heterocycles. The van der Waals surface area contributed by atoms with Gasteiger partial charge in [0.15, 0.2) is 17.3 Å². The summed E-state index contributed by atoms with van der Waals surface area (Å²) >= 11 is 13.8. The Balaban J connectivity index is 0.000000150. The SMILES string of the molecule is CCOC(=O)/C=C/[C@@H](C)[C@H]1CCC2C3C(CC[C@@]21C)[C@@]1(C)CCC(=O)C=C1[C@@H](Cl)[C@@H]3O.CCOC(=O)/C=C/[C@@H](C)[C@H]1CCC2C3C(CC[C@@]21C)[C@@]1(C)CCC(=O)C=C1[C@H](O)[C@H]3Cl.CCOC(=O)/C=C/[C@@H](C)[C@H]1CCC2C3C=CC4=CC(=O)CC[C@]4(C)C3CC[C@@]21C. The molecular weight excluding hydrogens is 1180 g/mol. The molecule has 0 heterocycles. The molecule has 91 heavy (non-hydrogen) atoms. The highest BCUT2D eigenvalue weighted by Crippen LogP contribution is 2.71. The number of hydrogen-bond acceptors (Lipinski definition) is 11. The quantitative estimate of drug-likeness (QED) is 0.0825. The number of hydrogen-bond donors (Lipinski definition) is 2. The van der Waals surface area contributed by atoms with E-state index in [2.05, 4.69) is 80.5 Å². The number of ether oxygens (including phenoxy) is 3. The Bertz CT molecular complexity index is 2870. The Labute approximate surface area is 554 Å². The molecule has 0 aromatic heterocycles. The fourth-order valence-electron chi connectivity index (χ4n) is 23.4. The van der Waals surface area contributed by atoms with Crippen LogP contribution in [0.2, 0.25) is 0 Å². The van der Waals surface area contributed by atoms with E-state index in [1.807, 2.05) is 39.0 Å². The van der Waals surface area contributed by atoms with Crippen molar-refractivity contribution in [2.45, 2.75) is 222 Å². The van der Waals surface area contributed by atoms with Crippen LogP contribution in [0.15, 0.2) is 83.6 Å². The van der Waals surface area contributed by atoms with Gasteiger partial charge in [-0.3, -0.25) is 14.4 Å². The number of alkyl halides is 2. The molecule has 8 fully saturated rings. The van der Waals surface area contributed by atoms with Crippen molar-refractivity contribution >= 4 is 58.5 Å². The molecule has 9 unspecified atom stereocenters. The third-order valence-corrected chi connectivity index (χ3v) is 29.1. The molecule has 12 aliphatic carbocycles. The van der Waals surface area contributed by atoms with Crippen LogP contribution in [0, 0.1) is 121 Å². The maximum absolute atomic E-state index is 12.1. The molecule has 25 atom stereocenters. The van der Waals surface area contributed by atoms with Gasteiger partial charge in [-0.05, 0) is 273 Å². The third-order valence-electron chi connectivity index (χ3n) is 28.1. The van der Waals surface area contributed by atoms with Gasteiger partial charge in [0, 0.05) is 37.5 Å². The molecule has 0 aromatic rings. The number of aliphatic hydroxyl groups is 2. The highest BCUT2D eigenvalue weighted by molar-refractivity contribution is 6.23. The van der Waals surface area contributed by atoms with Crippen molar-refractivity contribution in [3.8, 4) is 0 Å². The van der Waals surface area contributed by atoms with Crippen LogP contribution in [0.4, 0.5) is 0 Å². The van der Waals surface area contributed by atoms with Crippen LogP contribution in [0.1, 0.15) is 199 Å². The smallest absolute Gasteiger partial charge is 0.330 e. The third kappa shape index (κ3) is 12.6. The lowest BCUT2D eigenvalue weighted by Gasteiger charge is -2.61. The average molecular weight is 1290 g/mol. The van der Waals surface area contributed by atoms with Crippen LogP contribution in [-0.2, 0) is 43.0 Å². The van der Waals surface area contributed by atoms with E-state index in [0.29, 0.717) is 115 Å². The molecule has 2 N–H and O–H groups in total. The fourth-order valence-corrected chi connectivity index (χ4v) is 24.4. The van der Waals surface area contributed by atoms with E-state index in [1.54, 1.807) is 30.4 Å². The molecule has 502 valence electrons. The van der Waals surface area contributed by atoms with Gasteiger partial charge in [-0.25, -0.2) is 14.4 Å². The summed E-state index contributed by atoms with van der Waals surface area (Å²) in [5.74, 6) is 6.42. The van der Waals surface area contributed by atoms with E-state index in [0.717, 1.165) is 81.8 Å². The van der Waals surface area contributed by atoms with E-state index in [1.165, 1.54) is 31.3 Å². The summed E-state index contributed by atoms with van der Waals surface area (Å²) in [6, 6.07) is 0. The van der Waals surface area contributed by atoms with Crippen LogP contribution in [0.3, 0.4) is 0 Å². The second kappa shape index (κ2) is 27.3. The molecule has 0 aromatic carbocycles. The summed E-state index contributed by atoms with van der Waals surface area (Å²) in [6.07, 6.45) is 38.1. The number of allylic oxidation sites excluding steroid dienone is 7. The van der Waals surface area contributed by atoms with E-state index >= 15 is 0 Å². The predicted molar refractivity (Wildman–Crippen MR) is 358 cm³/mol. The van der Waals surface area contributed by atoms with Gasteiger partial charge in [-0.2, -0.15) is 0 Å². The molecule has 11 nitrogen and oxygen atoms in total. The molecule has 0 spiro atoms. The second-order valence-electron chi connectivity index (χ2n) is 32.1. The van der Waals surface area contributed by atoms with Crippen molar-refractivity contribution in [1.29, 1.82) is 0 Å². The predicted octanol–water partition coefficient (Wildman–Crippen LogP) is 15.8. The first kappa shape index (κ1) is 69.9. The minimum atomic E-state index is -0.736. The number of fused-ring (bicyclic) bond motifs is 15. The summed E-state index contributed by atoms with van der Waals surface area (Å²) in [6.45, 7) is 27.6. The molecule has 13 heteroatoms. The van der Waals surface area contributed by atoms with Crippen molar-refractivity contribution in [1.82, 2.24) is 0 Å². The molecular formula is C78H110Cl2O11. The Morgan fingerprint density at radius 2 is 0.890 bits per heavy atom. The van der Waals surface area contributed by atoms with Crippen molar-refractivity contribution in [2.24, 2.45) is 121 Å². The van der Waals surface area contributed by atoms with Crippen LogP contribution in [-0.4, -0.2) is 88.3 Å². The standard InChI is InChI=1S/2C26H37ClO4.C26H36O3/c1-5-31-21(29)9-6-15(2)17-7-8-18-22-19(11-13-25(17,18)3)26(4)12-10-16(28)14-20(26)24(30)23(22)27;1-5-31-21(29)9-6-15(2)17-7-8-18-22-19(11-13-25(17,18)3)26(4)12-10-16(28)14-20(26)23(27)24(22)30;1-5-29-24(28)11-6-17(2)21-9-10-22-20-8-7-18-16-19(27)12-14-25(18,3)23(20)13-15-26(21,22)4/h2*6,9,14-15,17-19,22-24,30H,5,7-8,10-13H2,1-4H3;6-8,11,16-17,20-23H,5,9-10,12-15H2,1-4H3/b2*9-6+;11-6+/t15-,17-,18?,19?,22?,23+,24+,25-,26-;15-,17-,18?,19?,22?,23-,24-,25-,26-;17-,20?,21-,22?,23?,25+,26-/m111/s1. The molecule has 0 bridgehead atoms. The van der Waals surface area contributed by atoms with Crippen LogP contribution < -0.4 is 0 Å². The lowest BCUT2D eigenvalue weighted by atomic mass is 9.45. The monoisotopic (exact) mass is 1290 g/mol. The number of halogens is 2. The van der Waals surface area contributed by atoms with Gasteiger partial charge in [0.2, 0.25) is 0 Å². The van der Waals surface area contributed by atoms with Crippen molar-refractivity contribution < 1.29 is 53.2 Å². The lowest BCUT2D eigenvalue weighted by molar-refractivity contribution is -0.138. The fraction of sp³-hybridized carbons (Fsp3) is 0.744. The number of carbonyl (C=O) groups is 6. The molecule has 0 radical (unpaired) electrons. The first-order valence-electron chi connectivity index (χ1n) is 35.7. The van der Waals surface area contributed by atoms with E-state index in [9.17, 15) is 39.0 Å². The zero-order valence-electron chi connectivity index (χ0n) is 57.0. The van der Waals surface area contributed by atoms with Gasteiger partial charge in [-0.15, -0.1) is 23.2 Å². The molecule has 12 rings (SSSR count). The van der Waals surface area contributed by atoms with Gasteiger partial charge in [-0.1, -0.05) is 92.7 Å². The van der Waals surface area contributed by atoms with Crippen molar-refractivity contribution in [3.05, 3.63) is 83.6 Å². The summed E-state index contributed by atoms with van der Waals surface area (Å²) in [5.41, 5.74) is 3.69. The van der Waals surface area contributed by atoms with Crippen LogP contribution >= 0.6 is 23.2 Å². The Hall–Kier alpha value is -3.90. The lowest BCUT2D eigenvalue weighted by Crippen LogP contribution is -2.59. The normalized spacial score (nSPS) is 44.4. The van der Waals surface area contributed by atoms with Gasteiger partial charge < -0.3 is 24.4 Å². The van der Waals surface area contributed by atoms with Gasteiger partial charge in [0.05, 0.1) is 42.8 Å². The first-order chi connectivity index (χ1) is 43.1. The Morgan fingerprint density at radius 3 is 1.36 bits per heavy atom. The van der Waals surface area contributed by atoms with Gasteiger partial charge in [0.1, 0.15) is 0 Å². The summed E-state index contributed by atoms with van der Waals surface area (Å²) in [5, 5.41) is 21.7. The van der Waals surface area contributed by atoms with Crippen LogP contribution in [0.5, 0.6) is 0 Å². The maximum Gasteiger partial charge on any atom is 0.330 e. The van der Waals surface area contributed by atoms with E-state index in [-0.39, 0.29) is 85.6 Å². The van der Waals surface area contributed by atoms with E-state index in [4.69, 9.17) is 37.4 Å². The van der Waals surface area contributed by atoms with Crippen molar-refractivity contribution in [2.75, 3.05) is 19.8 Å². The summed E-state index contributed by atoms with van der Waals surface area (Å²) in [7, 11) is 0. The highest BCUT2D eigenvalue weighted by atomic mass is 35.5. The topological polar surface area (TPSA) is 171 Å². The second-order valence-corrected chi connectivity index (χ2v) is 33.0. The summed E-state index contributed by atoms with van der Waals surface area (Å²) < 4.78 is 15.2. The number of carbonyl (C=O) groups excluding carboxylic acids is 6. The van der Waals surface area contributed by atoms with E-state index < -0.39 is 17.6 Å². The number of rotatable bonds is 12. The minimum Gasteiger partial charge on any atom is -0.463 e. The molecule has 12 aliphatic rings. The average Bonchev–Trinajstić information content (AvgIpc) is 1.70. The van der Waals surface area contributed by atoms with Crippen molar-refractivity contribution in [3.63, 3.8) is 0 Å². The Kier molecular flexibility index (Phi) is 21.0. The van der Waals surface area contributed by atoms with Crippen LogP contribution in [0.25, 0.3) is 0 Å². The minimum absolute atomic E-state index is 0.0843. The zero-order chi connectivity index (χ0) is 65.9. The molecule has 0 amide bonds. The first-order valence-corrected chi connectivity index (χ1v) is 36.6. The summed E-state index contributed by atoms with van der Waals surface area (Å²) in [4.78, 5) is 71.6. The highest BCUT2D eigenvalue weighted by Gasteiger charge is 2.66. The molecule has 8 saturated carbocycles. The number of esters is 3. The number of ketones is 3. The Morgan fingerprint density at radius 1 is 0.505 bits per heavy atom. The zero-order valence-corrected chi connectivity index (χ0v) is 58.5. The maximum atomic E-state index is 12.1. The van der Waals surface area contributed by atoms with Gasteiger partial charge in [0.25, 0.3) is 0 Å². The number of aliphatic hydroxyl groups excluding tert-OH is 2.